The molecule has 1 fully saturated rings. The summed E-state index contributed by atoms with van der Waals surface area (Å²) in [6, 6.07) is 6.85. The summed E-state index contributed by atoms with van der Waals surface area (Å²) in [5, 5.41) is 4.72. The van der Waals surface area contributed by atoms with Crippen LogP contribution in [0.5, 0.6) is 0 Å². The summed E-state index contributed by atoms with van der Waals surface area (Å²) in [5.74, 6) is -0.585. The predicted octanol–water partition coefficient (Wildman–Crippen LogP) is 3.21. The summed E-state index contributed by atoms with van der Waals surface area (Å²) in [6.07, 6.45) is -1.67. The van der Waals surface area contributed by atoms with Crippen LogP contribution in [0.25, 0.3) is 0 Å². The Kier molecular flexibility index (Phi) is 4.98. The first kappa shape index (κ1) is 20.9. The van der Waals surface area contributed by atoms with E-state index in [1.165, 1.54) is 0 Å². The Hall–Kier alpha value is -2.81. The maximum absolute atomic E-state index is 13.2. The number of nitrogens with one attached hydrogen (secondary N) is 1. The van der Waals surface area contributed by atoms with E-state index in [4.69, 9.17) is 14.2 Å². The summed E-state index contributed by atoms with van der Waals surface area (Å²) in [7, 11) is 0. The summed E-state index contributed by atoms with van der Waals surface area (Å²) in [5.41, 5.74) is -2.60. The van der Waals surface area contributed by atoms with Crippen LogP contribution in [-0.4, -0.2) is 52.5 Å². The molecule has 1 spiro atoms. The van der Waals surface area contributed by atoms with Gasteiger partial charge in [-0.05, 0) is 47.6 Å². The second-order valence-corrected chi connectivity index (χ2v) is 8.89. The van der Waals surface area contributed by atoms with Gasteiger partial charge in [0.05, 0.1) is 13.2 Å². The number of carbonyl (C=O) groups excluding carboxylic acids is 3. The highest BCUT2D eigenvalue weighted by molar-refractivity contribution is 6.06. The number of amides is 3. The highest BCUT2D eigenvalue weighted by Crippen LogP contribution is 2.44. The number of hydrazine groups is 1. The van der Waals surface area contributed by atoms with Crippen molar-refractivity contribution in [3.8, 4) is 0 Å². The predicted molar refractivity (Wildman–Crippen MR) is 104 cm³/mol. The molecular formula is C20H27N3O6. The van der Waals surface area contributed by atoms with Crippen LogP contribution in [0.3, 0.4) is 0 Å². The standard InChI is InChI=1S/C20H27N3O6/c1-18(2,3)28-16(25)22-11-12-27-20(23(22)17(26)29-19(4,5)6)13-9-7-8-10-14(13)21-15(20)24/h7-10H,11-12H2,1-6H3,(H,21,24). The molecule has 2 aliphatic rings. The lowest BCUT2D eigenvalue weighted by Gasteiger charge is -2.47. The van der Waals surface area contributed by atoms with Crippen LogP contribution in [0.15, 0.2) is 24.3 Å². The molecule has 0 bridgehead atoms. The van der Waals surface area contributed by atoms with E-state index in [-0.39, 0.29) is 13.2 Å². The molecule has 1 unspecified atom stereocenters. The van der Waals surface area contributed by atoms with E-state index in [1.807, 2.05) is 0 Å². The van der Waals surface area contributed by atoms with Crippen LogP contribution in [0, 0.1) is 0 Å². The molecule has 1 N–H and O–H groups in total. The largest absolute Gasteiger partial charge is 0.442 e. The number of rotatable bonds is 0. The number of hydrogen-bond donors (Lipinski definition) is 1. The van der Waals surface area contributed by atoms with Gasteiger partial charge in [0.15, 0.2) is 0 Å². The third-order valence-electron chi connectivity index (χ3n) is 4.17. The SMILES string of the molecule is CC(C)(C)OC(=O)N1CCOC2(C(=O)Nc3ccccc32)N1C(=O)OC(C)(C)C. The average Bonchev–Trinajstić information content (AvgIpc) is 2.84. The smallest absolute Gasteiger partial charge is 0.432 e. The lowest BCUT2D eigenvalue weighted by atomic mass is 10.0. The molecule has 0 saturated carbocycles. The monoisotopic (exact) mass is 405 g/mol. The number of nitrogens with zero attached hydrogens (tertiary/aromatic N) is 2. The van der Waals surface area contributed by atoms with Crippen LogP contribution in [0.4, 0.5) is 15.3 Å². The number of carbonyl (C=O) groups is 3. The Morgan fingerprint density at radius 2 is 1.62 bits per heavy atom. The molecule has 0 aliphatic carbocycles. The highest BCUT2D eigenvalue weighted by Gasteiger charge is 2.61. The van der Waals surface area contributed by atoms with Crippen LogP contribution >= 0.6 is 0 Å². The first-order valence-electron chi connectivity index (χ1n) is 9.44. The van der Waals surface area contributed by atoms with Gasteiger partial charge in [-0.2, -0.15) is 5.01 Å². The minimum atomic E-state index is -1.87. The molecule has 9 heteroatoms. The fourth-order valence-electron chi connectivity index (χ4n) is 3.20. The van der Waals surface area contributed by atoms with Gasteiger partial charge in [0.1, 0.15) is 11.2 Å². The van der Waals surface area contributed by atoms with Crippen LogP contribution in [-0.2, 0) is 24.7 Å². The molecule has 0 aromatic heterocycles. The summed E-state index contributed by atoms with van der Waals surface area (Å²) < 4.78 is 16.9. The Labute approximate surface area is 169 Å². The molecule has 1 saturated heterocycles. The number of fused-ring (bicyclic) bond motifs is 2. The molecule has 2 heterocycles. The molecule has 2 aliphatic heterocycles. The molecule has 1 aromatic carbocycles. The van der Waals surface area contributed by atoms with E-state index in [0.29, 0.717) is 11.3 Å². The molecule has 1 aromatic rings. The molecule has 9 nitrogen and oxygen atoms in total. The van der Waals surface area contributed by atoms with Crippen molar-refractivity contribution in [3.05, 3.63) is 29.8 Å². The zero-order valence-electron chi connectivity index (χ0n) is 17.6. The van der Waals surface area contributed by atoms with Crippen LogP contribution in [0.1, 0.15) is 47.1 Å². The Morgan fingerprint density at radius 1 is 1.03 bits per heavy atom. The minimum absolute atomic E-state index is 0.0192. The number of benzene rings is 1. The van der Waals surface area contributed by atoms with Gasteiger partial charge in [-0.3, -0.25) is 4.79 Å². The summed E-state index contributed by atoms with van der Waals surface area (Å²) in [6.45, 7) is 10.3. The topological polar surface area (TPSA) is 97.4 Å². The van der Waals surface area contributed by atoms with Gasteiger partial charge in [0.25, 0.3) is 11.6 Å². The normalized spacial score (nSPS) is 21.7. The fourth-order valence-corrected chi connectivity index (χ4v) is 3.20. The van der Waals surface area contributed by atoms with Crippen molar-refractivity contribution < 1.29 is 28.6 Å². The second kappa shape index (κ2) is 6.91. The molecule has 3 rings (SSSR count). The zero-order chi connectivity index (χ0) is 21.6. The van der Waals surface area contributed by atoms with Gasteiger partial charge in [-0.15, -0.1) is 0 Å². The second-order valence-electron chi connectivity index (χ2n) is 8.89. The van der Waals surface area contributed by atoms with E-state index in [1.54, 1.807) is 65.8 Å². The zero-order valence-corrected chi connectivity index (χ0v) is 17.6. The van der Waals surface area contributed by atoms with E-state index >= 15 is 0 Å². The minimum Gasteiger partial charge on any atom is -0.442 e. The van der Waals surface area contributed by atoms with Gasteiger partial charge in [0.2, 0.25) is 0 Å². The van der Waals surface area contributed by atoms with Crippen LogP contribution < -0.4 is 5.32 Å². The average molecular weight is 405 g/mol. The molecule has 1 atom stereocenters. The summed E-state index contributed by atoms with van der Waals surface area (Å²) >= 11 is 0. The fraction of sp³-hybridized carbons (Fsp3) is 0.550. The number of hydrogen-bond acceptors (Lipinski definition) is 6. The van der Waals surface area contributed by atoms with Crippen molar-refractivity contribution in [2.45, 2.75) is 58.5 Å². The maximum atomic E-state index is 13.2. The van der Waals surface area contributed by atoms with Gasteiger partial charge in [-0.1, -0.05) is 18.2 Å². The van der Waals surface area contributed by atoms with E-state index in [2.05, 4.69) is 5.32 Å². The van der Waals surface area contributed by atoms with Crippen molar-refractivity contribution in [2.75, 3.05) is 18.5 Å². The lowest BCUT2D eigenvalue weighted by Crippen LogP contribution is -2.68. The molecule has 0 radical (unpaired) electrons. The van der Waals surface area contributed by atoms with Gasteiger partial charge in [0, 0.05) is 11.3 Å². The third-order valence-corrected chi connectivity index (χ3v) is 4.17. The van der Waals surface area contributed by atoms with Gasteiger partial charge >= 0.3 is 12.2 Å². The Balaban J connectivity index is 2.11. The molecule has 3 amide bonds. The van der Waals surface area contributed by atoms with Crippen molar-refractivity contribution in [3.63, 3.8) is 0 Å². The maximum Gasteiger partial charge on any atom is 0.432 e. The van der Waals surface area contributed by atoms with E-state index in [0.717, 1.165) is 10.0 Å². The Morgan fingerprint density at radius 3 is 2.24 bits per heavy atom. The third kappa shape index (κ3) is 3.87. The van der Waals surface area contributed by atoms with Gasteiger partial charge in [-0.25, -0.2) is 14.6 Å². The number of ether oxygens (including phenoxy) is 3. The molecule has 29 heavy (non-hydrogen) atoms. The van der Waals surface area contributed by atoms with Crippen molar-refractivity contribution in [1.29, 1.82) is 0 Å². The first-order valence-corrected chi connectivity index (χ1v) is 9.44. The Bertz CT molecular complexity index is 841. The lowest BCUT2D eigenvalue weighted by molar-refractivity contribution is -0.246. The van der Waals surface area contributed by atoms with Crippen molar-refractivity contribution in [2.24, 2.45) is 0 Å². The number of para-hydroxylation sites is 1. The highest BCUT2D eigenvalue weighted by atomic mass is 16.6. The molecule has 158 valence electrons. The summed E-state index contributed by atoms with van der Waals surface area (Å²) in [4.78, 5) is 39.2. The van der Waals surface area contributed by atoms with Crippen LogP contribution in [0.2, 0.25) is 0 Å². The van der Waals surface area contributed by atoms with E-state index < -0.39 is 35.0 Å². The van der Waals surface area contributed by atoms with Crippen molar-refractivity contribution >= 4 is 23.8 Å². The quantitative estimate of drug-likeness (QED) is 0.712. The molecular weight excluding hydrogens is 378 g/mol. The number of anilines is 1. The van der Waals surface area contributed by atoms with E-state index in [9.17, 15) is 14.4 Å². The van der Waals surface area contributed by atoms with Crippen molar-refractivity contribution in [1.82, 2.24) is 10.0 Å². The van der Waals surface area contributed by atoms with Gasteiger partial charge < -0.3 is 19.5 Å². The first-order chi connectivity index (χ1) is 13.3.